The van der Waals surface area contributed by atoms with Crippen LogP contribution in [0.2, 0.25) is 5.02 Å². The van der Waals surface area contributed by atoms with Crippen molar-refractivity contribution < 1.29 is 18.5 Å². The summed E-state index contributed by atoms with van der Waals surface area (Å²) in [6.07, 6.45) is 4.48. The van der Waals surface area contributed by atoms with Gasteiger partial charge in [-0.25, -0.2) is 4.39 Å². The van der Waals surface area contributed by atoms with Gasteiger partial charge in [0.25, 0.3) is 5.91 Å². The summed E-state index contributed by atoms with van der Waals surface area (Å²) < 4.78 is 19.4. The van der Waals surface area contributed by atoms with E-state index in [-0.39, 0.29) is 17.5 Å². The van der Waals surface area contributed by atoms with Gasteiger partial charge in [-0.3, -0.25) is 9.59 Å². The molecule has 0 spiro atoms. The van der Waals surface area contributed by atoms with Gasteiger partial charge in [0, 0.05) is 43.9 Å². The molecule has 1 aromatic carbocycles. The van der Waals surface area contributed by atoms with Crippen molar-refractivity contribution in [1.82, 2.24) is 19.9 Å². The molecule has 160 valence electrons. The first-order valence-electron chi connectivity index (χ1n) is 10.3. The molecule has 4 rings (SSSR count). The minimum absolute atomic E-state index is 0.0483. The Balaban J connectivity index is 1.37. The van der Waals surface area contributed by atoms with Crippen molar-refractivity contribution in [1.29, 1.82) is 0 Å². The van der Waals surface area contributed by atoms with Crippen LogP contribution in [0.15, 0.2) is 22.7 Å². The van der Waals surface area contributed by atoms with Crippen LogP contribution in [0.5, 0.6) is 0 Å². The van der Waals surface area contributed by atoms with Gasteiger partial charge >= 0.3 is 0 Å². The third-order valence-electron chi connectivity index (χ3n) is 5.97. The summed E-state index contributed by atoms with van der Waals surface area (Å²) in [5.41, 5.74) is -0.0483. The van der Waals surface area contributed by atoms with Gasteiger partial charge < -0.3 is 14.3 Å². The Bertz CT molecular complexity index is 946. The van der Waals surface area contributed by atoms with E-state index in [9.17, 15) is 14.0 Å². The standard InChI is InChI=1S/C21H24ClFN4O3/c1-13(28)27(10-8-19-24-20(30-25-19)14-3-2-4-14)16-7-9-26(12-16)21(29)17-11-15(22)5-6-18(17)23/h5-6,11,14,16H,2-4,7-10,12H2,1H3. The third kappa shape index (κ3) is 4.33. The van der Waals surface area contributed by atoms with Crippen molar-refractivity contribution in [3.63, 3.8) is 0 Å². The maximum atomic E-state index is 14.1. The van der Waals surface area contributed by atoms with Gasteiger partial charge in [-0.2, -0.15) is 4.98 Å². The lowest BCUT2D eigenvalue weighted by molar-refractivity contribution is -0.130. The molecule has 0 N–H and O–H groups in total. The van der Waals surface area contributed by atoms with E-state index in [0.29, 0.717) is 55.1 Å². The Hall–Kier alpha value is -2.48. The molecule has 1 aliphatic carbocycles. The molecule has 2 aliphatic rings. The summed E-state index contributed by atoms with van der Waals surface area (Å²) in [5.74, 6) is 0.559. The lowest BCUT2D eigenvalue weighted by Crippen LogP contribution is -2.42. The van der Waals surface area contributed by atoms with Gasteiger partial charge in [-0.15, -0.1) is 0 Å². The second kappa shape index (κ2) is 8.71. The van der Waals surface area contributed by atoms with Gasteiger partial charge in [-0.05, 0) is 37.5 Å². The average molecular weight is 435 g/mol. The first kappa shape index (κ1) is 20.8. The fourth-order valence-electron chi connectivity index (χ4n) is 4.02. The molecule has 0 radical (unpaired) electrons. The molecule has 2 fully saturated rings. The average Bonchev–Trinajstić information content (AvgIpc) is 3.32. The number of halogens is 2. The maximum absolute atomic E-state index is 14.1. The SMILES string of the molecule is CC(=O)N(CCc1noc(C2CCC2)n1)C1CCN(C(=O)c2cc(Cl)ccc2F)C1. The fraction of sp³-hybridized carbons (Fsp3) is 0.524. The lowest BCUT2D eigenvalue weighted by Gasteiger charge is -2.27. The Kier molecular flexibility index (Phi) is 6.04. The molecule has 7 nitrogen and oxygen atoms in total. The number of aromatic nitrogens is 2. The molecule has 9 heteroatoms. The van der Waals surface area contributed by atoms with E-state index < -0.39 is 11.7 Å². The minimum Gasteiger partial charge on any atom is -0.339 e. The van der Waals surface area contributed by atoms with Crippen LogP contribution in [-0.4, -0.2) is 57.4 Å². The maximum Gasteiger partial charge on any atom is 0.256 e. The van der Waals surface area contributed by atoms with Crippen LogP contribution in [0.3, 0.4) is 0 Å². The van der Waals surface area contributed by atoms with Crippen molar-refractivity contribution in [3.05, 3.63) is 46.3 Å². The molecule has 2 heterocycles. The van der Waals surface area contributed by atoms with Crippen molar-refractivity contribution >= 4 is 23.4 Å². The van der Waals surface area contributed by atoms with E-state index in [1.165, 1.54) is 31.5 Å². The van der Waals surface area contributed by atoms with Crippen molar-refractivity contribution in [2.75, 3.05) is 19.6 Å². The first-order chi connectivity index (χ1) is 14.4. The van der Waals surface area contributed by atoms with Crippen LogP contribution in [0.1, 0.15) is 60.6 Å². The molecule has 1 aliphatic heterocycles. The monoisotopic (exact) mass is 434 g/mol. The quantitative estimate of drug-likeness (QED) is 0.695. The van der Waals surface area contributed by atoms with Crippen LogP contribution in [0.4, 0.5) is 4.39 Å². The Morgan fingerprint density at radius 1 is 1.33 bits per heavy atom. The van der Waals surface area contributed by atoms with E-state index in [1.807, 2.05) is 0 Å². The highest BCUT2D eigenvalue weighted by molar-refractivity contribution is 6.31. The van der Waals surface area contributed by atoms with Crippen molar-refractivity contribution in [2.24, 2.45) is 0 Å². The van der Waals surface area contributed by atoms with Crippen molar-refractivity contribution in [3.8, 4) is 0 Å². The summed E-state index contributed by atoms with van der Waals surface area (Å²) in [7, 11) is 0. The highest BCUT2D eigenvalue weighted by Gasteiger charge is 2.33. The van der Waals surface area contributed by atoms with Crippen LogP contribution < -0.4 is 0 Å². The normalized spacial score (nSPS) is 19.0. The van der Waals surface area contributed by atoms with E-state index in [1.54, 1.807) is 9.80 Å². The Morgan fingerprint density at radius 3 is 2.83 bits per heavy atom. The number of carbonyl (C=O) groups excluding carboxylic acids is 2. The summed E-state index contributed by atoms with van der Waals surface area (Å²) in [5, 5.41) is 4.34. The molecular weight excluding hydrogens is 411 g/mol. The van der Waals surface area contributed by atoms with Gasteiger partial charge in [-0.1, -0.05) is 23.2 Å². The number of amides is 2. The Morgan fingerprint density at radius 2 is 2.13 bits per heavy atom. The van der Waals surface area contributed by atoms with Gasteiger partial charge in [0.1, 0.15) is 5.82 Å². The Labute approximate surface area is 179 Å². The van der Waals surface area contributed by atoms with Crippen molar-refractivity contribution in [2.45, 2.75) is 51.0 Å². The molecular formula is C21H24ClFN4O3. The lowest BCUT2D eigenvalue weighted by atomic mass is 9.85. The summed E-state index contributed by atoms with van der Waals surface area (Å²) in [4.78, 5) is 32.7. The highest BCUT2D eigenvalue weighted by Crippen LogP contribution is 2.35. The molecule has 1 atom stereocenters. The van der Waals surface area contributed by atoms with Gasteiger partial charge in [0.05, 0.1) is 11.6 Å². The van der Waals surface area contributed by atoms with Crippen LogP contribution in [-0.2, 0) is 11.2 Å². The van der Waals surface area contributed by atoms with E-state index in [4.69, 9.17) is 16.1 Å². The number of hydrogen-bond donors (Lipinski definition) is 0. The van der Waals surface area contributed by atoms with Crippen LogP contribution in [0, 0.1) is 5.82 Å². The van der Waals surface area contributed by atoms with Crippen LogP contribution in [0.25, 0.3) is 0 Å². The molecule has 1 aromatic heterocycles. The molecule has 1 saturated carbocycles. The minimum atomic E-state index is -0.601. The highest BCUT2D eigenvalue weighted by atomic mass is 35.5. The van der Waals surface area contributed by atoms with E-state index >= 15 is 0 Å². The zero-order chi connectivity index (χ0) is 21.3. The zero-order valence-electron chi connectivity index (χ0n) is 16.8. The zero-order valence-corrected chi connectivity index (χ0v) is 17.6. The second-order valence-corrected chi connectivity index (χ2v) is 8.39. The largest absolute Gasteiger partial charge is 0.339 e. The fourth-order valence-corrected chi connectivity index (χ4v) is 4.19. The molecule has 1 saturated heterocycles. The molecule has 2 aromatic rings. The number of benzene rings is 1. The van der Waals surface area contributed by atoms with Gasteiger partial charge in [0.2, 0.25) is 11.8 Å². The smallest absolute Gasteiger partial charge is 0.256 e. The van der Waals surface area contributed by atoms with E-state index in [0.717, 1.165) is 12.8 Å². The predicted molar refractivity (Wildman–Crippen MR) is 108 cm³/mol. The second-order valence-electron chi connectivity index (χ2n) is 7.96. The summed E-state index contributed by atoms with van der Waals surface area (Å²) in [6, 6.07) is 3.80. The van der Waals surface area contributed by atoms with Gasteiger partial charge in [0.15, 0.2) is 5.82 Å². The van der Waals surface area contributed by atoms with E-state index in [2.05, 4.69) is 10.1 Å². The molecule has 30 heavy (non-hydrogen) atoms. The number of likely N-dealkylation sites (tertiary alicyclic amines) is 1. The molecule has 1 unspecified atom stereocenters. The van der Waals surface area contributed by atoms with Crippen LogP contribution >= 0.6 is 11.6 Å². The number of hydrogen-bond acceptors (Lipinski definition) is 5. The topological polar surface area (TPSA) is 79.5 Å². The molecule has 0 bridgehead atoms. The first-order valence-corrected chi connectivity index (χ1v) is 10.6. The summed E-state index contributed by atoms with van der Waals surface area (Å²) in [6.45, 7) is 2.76. The number of rotatable bonds is 6. The third-order valence-corrected chi connectivity index (χ3v) is 6.20. The predicted octanol–water partition coefficient (Wildman–Crippen LogP) is 3.44. The number of carbonyl (C=O) groups is 2. The number of nitrogens with zero attached hydrogens (tertiary/aromatic N) is 4. The summed E-state index contributed by atoms with van der Waals surface area (Å²) >= 11 is 5.91. The molecule has 2 amide bonds.